The lowest BCUT2D eigenvalue weighted by Crippen LogP contribution is -2.27. The summed E-state index contributed by atoms with van der Waals surface area (Å²) in [5, 5.41) is 0. The Morgan fingerprint density at radius 1 is 1.24 bits per heavy atom. The van der Waals surface area contributed by atoms with Gasteiger partial charge in [-0.15, -0.1) is 0 Å². The van der Waals surface area contributed by atoms with Crippen LogP contribution < -0.4 is 10.5 Å². The van der Waals surface area contributed by atoms with E-state index in [1.54, 1.807) is 18.3 Å². The number of halogens is 2. The van der Waals surface area contributed by atoms with Crippen molar-refractivity contribution >= 4 is 47.6 Å². The lowest BCUT2D eigenvalue weighted by atomic mass is 10.3. The van der Waals surface area contributed by atoms with Crippen LogP contribution in [-0.4, -0.2) is 19.9 Å². The summed E-state index contributed by atoms with van der Waals surface area (Å²) in [5.41, 5.74) is 6.80. The SMILES string of the molecule is Nc1cc(Br)cc(Br)c1S(=O)(=O)NCCc1ccccn1. The number of rotatable bonds is 5. The standard InChI is InChI=1S/C13H13Br2N3O2S/c14-9-7-11(15)13(12(16)8-9)21(19,20)18-6-4-10-3-1-2-5-17-10/h1-3,5,7-8,18H,4,6,16H2. The van der Waals surface area contributed by atoms with E-state index in [9.17, 15) is 8.42 Å². The van der Waals surface area contributed by atoms with Gasteiger partial charge in [-0.05, 0) is 40.2 Å². The number of benzene rings is 1. The molecule has 0 amide bonds. The number of pyridine rings is 1. The highest BCUT2D eigenvalue weighted by Gasteiger charge is 2.21. The number of hydrogen-bond donors (Lipinski definition) is 2. The predicted octanol–water partition coefficient (Wildman–Crippen LogP) is 2.71. The van der Waals surface area contributed by atoms with Crippen LogP contribution in [0.25, 0.3) is 0 Å². The molecule has 3 N–H and O–H groups in total. The largest absolute Gasteiger partial charge is 0.398 e. The first-order chi connectivity index (χ1) is 9.90. The fraction of sp³-hybridized carbons (Fsp3) is 0.154. The second-order valence-electron chi connectivity index (χ2n) is 4.27. The Morgan fingerprint density at radius 3 is 2.62 bits per heavy atom. The third-order valence-corrected chi connectivity index (χ3v) is 5.63. The Labute approximate surface area is 140 Å². The van der Waals surface area contributed by atoms with Gasteiger partial charge >= 0.3 is 0 Å². The molecule has 0 aliphatic heterocycles. The molecule has 1 aromatic carbocycles. The molecule has 0 saturated carbocycles. The van der Waals surface area contributed by atoms with Crippen molar-refractivity contribution in [1.29, 1.82) is 0 Å². The monoisotopic (exact) mass is 433 g/mol. The van der Waals surface area contributed by atoms with E-state index in [1.807, 2.05) is 18.2 Å². The van der Waals surface area contributed by atoms with Gasteiger partial charge in [0.1, 0.15) is 4.90 Å². The minimum Gasteiger partial charge on any atom is -0.398 e. The van der Waals surface area contributed by atoms with Crippen LogP contribution in [0, 0.1) is 0 Å². The topological polar surface area (TPSA) is 85.1 Å². The van der Waals surface area contributed by atoms with Crippen LogP contribution in [0.15, 0.2) is 50.4 Å². The number of anilines is 1. The fourth-order valence-corrected chi connectivity index (χ4v) is 4.89. The summed E-state index contributed by atoms with van der Waals surface area (Å²) in [6, 6.07) is 8.72. The van der Waals surface area contributed by atoms with Gasteiger partial charge < -0.3 is 5.73 Å². The first-order valence-electron chi connectivity index (χ1n) is 6.04. The van der Waals surface area contributed by atoms with E-state index in [2.05, 4.69) is 41.6 Å². The maximum Gasteiger partial charge on any atom is 0.243 e. The average molecular weight is 435 g/mol. The molecule has 0 radical (unpaired) electrons. The molecule has 0 atom stereocenters. The molecule has 21 heavy (non-hydrogen) atoms. The molecule has 2 rings (SSSR count). The molecular weight excluding hydrogens is 422 g/mol. The number of sulfonamides is 1. The van der Waals surface area contributed by atoms with Crippen molar-refractivity contribution in [3.63, 3.8) is 0 Å². The van der Waals surface area contributed by atoms with E-state index >= 15 is 0 Å². The third kappa shape index (κ3) is 4.26. The summed E-state index contributed by atoms with van der Waals surface area (Å²) in [7, 11) is -3.68. The van der Waals surface area contributed by atoms with Gasteiger partial charge in [0, 0.05) is 33.8 Å². The smallest absolute Gasteiger partial charge is 0.243 e. The molecule has 1 heterocycles. The number of nitrogens with two attached hydrogens (primary N) is 1. The zero-order chi connectivity index (χ0) is 15.5. The van der Waals surface area contributed by atoms with Crippen LogP contribution in [0.2, 0.25) is 0 Å². The zero-order valence-electron chi connectivity index (χ0n) is 10.9. The van der Waals surface area contributed by atoms with Gasteiger partial charge in [-0.2, -0.15) is 0 Å². The van der Waals surface area contributed by atoms with Gasteiger partial charge in [0.05, 0.1) is 5.69 Å². The van der Waals surface area contributed by atoms with Gasteiger partial charge in [0.15, 0.2) is 0 Å². The predicted molar refractivity (Wildman–Crippen MR) is 89.4 cm³/mol. The first kappa shape index (κ1) is 16.4. The summed E-state index contributed by atoms with van der Waals surface area (Å²) in [5.74, 6) is 0. The van der Waals surface area contributed by atoms with Crippen molar-refractivity contribution in [1.82, 2.24) is 9.71 Å². The van der Waals surface area contributed by atoms with Gasteiger partial charge in [0.25, 0.3) is 0 Å². The zero-order valence-corrected chi connectivity index (χ0v) is 14.9. The number of nitrogen functional groups attached to an aromatic ring is 1. The lowest BCUT2D eigenvalue weighted by Gasteiger charge is -2.11. The van der Waals surface area contributed by atoms with Crippen LogP contribution in [0.3, 0.4) is 0 Å². The van der Waals surface area contributed by atoms with E-state index in [1.165, 1.54) is 0 Å². The number of nitrogens with zero attached hydrogens (tertiary/aromatic N) is 1. The normalized spacial score (nSPS) is 11.5. The van der Waals surface area contributed by atoms with Crippen LogP contribution in [0.1, 0.15) is 5.69 Å². The van der Waals surface area contributed by atoms with Crippen molar-refractivity contribution in [2.75, 3.05) is 12.3 Å². The molecule has 8 heteroatoms. The first-order valence-corrected chi connectivity index (χ1v) is 9.11. The van der Waals surface area contributed by atoms with Crippen molar-refractivity contribution in [2.45, 2.75) is 11.3 Å². The molecule has 0 spiro atoms. The molecular formula is C13H13Br2N3O2S. The molecule has 0 saturated heterocycles. The van der Waals surface area contributed by atoms with E-state index in [0.717, 1.165) is 5.69 Å². The Balaban J connectivity index is 2.12. The van der Waals surface area contributed by atoms with E-state index in [-0.39, 0.29) is 17.1 Å². The van der Waals surface area contributed by atoms with E-state index in [0.29, 0.717) is 15.4 Å². The maximum atomic E-state index is 12.3. The van der Waals surface area contributed by atoms with Gasteiger partial charge in [0.2, 0.25) is 10.0 Å². The molecule has 112 valence electrons. The minimum atomic E-state index is -3.68. The maximum absolute atomic E-state index is 12.3. The van der Waals surface area contributed by atoms with Gasteiger partial charge in [-0.3, -0.25) is 4.98 Å². The van der Waals surface area contributed by atoms with Crippen LogP contribution in [0.4, 0.5) is 5.69 Å². The highest BCUT2D eigenvalue weighted by atomic mass is 79.9. The highest BCUT2D eigenvalue weighted by Crippen LogP contribution is 2.31. The Hall–Kier alpha value is -0.960. The second-order valence-corrected chi connectivity index (χ2v) is 7.75. The molecule has 5 nitrogen and oxygen atoms in total. The van der Waals surface area contributed by atoms with Crippen LogP contribution in [-0.2, 0) is 16.4 Å². The second kappa shape index (κ2) is 6.87. The summed E-state index contributed by atoms with van der Waals surface area (Å²) >= 11 is 6.49. The quantitative estimate of drug-likeness (QED) is 0.708. The fourth-order valence-electron chi connectivity index (χ4n) is 1.80. The summed E-state index contributed by atoms with van der Waals surface area (Å²) in [4.78, 5) is 4.19. The molecule has 0 unspecified atom stereocenters. The van der Waals surface area contributed by atoms with Crippen LogP contribution >= 0.6 is 31.9 Å². The number of hydrogen-bond acceptors (Lipinski definition) is 4. The van der Waals surface area contributed by atoms with Crippen LogP contribution in [0.5, 0.6) is 0 Å². The molecule has 2 aromatic rings. The van der Waals surface area contributed by atoms with Gasteiger partial charge in [-0.25, -0.2) is 13.1 Å². The Bertz CT molecular complexity index is 713. The van der Waals surface area contributed by atoms with Crippen molar-refractivity contribution in [2.24, 2.45) is 0 Å². The summed E-state index contributed by atoms with van der Waals surface area (Å²) in [6.07, 6.45) is 2.18. The Kier molecular flexibility index (Phi) is 5.37. The summed E-state index contributed by atoms with van der Waals surface area (Å²) in [6.45, 7) is 0.251. The van der Waals surface area contributed by atoms with Crippen molar-refractivity contribution in [3.8, 4) is 0 Å². The number of nitrogens with one attached hydrogen (secondary N) is 1. The third-order valence-electron chi connectivity index (χ3n) is 2.71. The minimum absolute atomic E-state index is 0.0479. The molecule has 0 fully saturated rings. The van der Waals surface area contributed by atoms with Crippen molar-refractivity contribution in [3.05, 3.63) is 51.2 Å². The lowest BCUT2D eigenvalue weighted by molar-refractivity contribution is 0.581. The molecule has 0 aliphatic carbocycles. The molecule has 0 aliphatic rings. The van der Waals surface area contributed by atoms with E-state index < -0.39 is 10.0 Å². The molecule has 1 aromatic heterocycles. The average Bonchev–Trinajstić information content (AvgIpc) is 2.38. The highest BCUT2D eigenvalue weighted by molar-refractivity contribution is 9.11. The Morgan fingerprint density at radius 2 is 2.00 bits per heavy atom. The summed E-state index contributed by atoms with van der Waals surface area (Å²) < 4.78 is 28.3. The van der Waals surface area contributed by atoms with Gasteiger partial charge in [-0.1, -0.05) is 22.0 Å². The molecule has 0 bridgehead atoms. The number of aromatic nitrogens is 1. The van der Waals surface area contributed by atoms with Crippen molar-refractivity contribution < 1.29 is 8.42 Å². The van der Waals surface area contributed by atoms with E-state index in [4.69, 9.17) is 5.73 Å².